The highest BCUT2D eigenvalue weighted by Crippen LogP contribution is 2.03. The van der Waals surface area contributed by atoms with Gasteiger partial charge < -0.3 is 0 Å². The van der Waals surface area contributed by atoms with E-state index in [1.165, 1.54) is 6.08 Å². The average Bonchev–Trinajstić information content (AvgIpc) is 2.01. The third-order valence-corrected chi connectivity index (χ3v) is 1.15. The van der Waals surface area contributed by atoms with Crippen LogP contribution in [-0.2, 0) is 4.79 Å². The summed E-state index contributed by atoms with van der Waals surface area (Å²) in [5.74, 6) is 0. The van der Waals surface area contributed by atoms with Gasteiger partial charge >= 0.3 is 0 Å². The molecule has 0 aromatic rings. The van der Waals surface area contributed by atoms with Crippen molar-refractivity contribution in [2.24, 2.45) is 0 Å². The van der Waals surface area contributed by atoms with Gasteiger partial charge in [-0.2, -0.15) is 0 Å². The summed E-state index contributed by atoms with van der Waals surface area (Å²) in [6.45, 7) is 10.8. The molecule has 0 heterocycles. The monoisotopic (exact) mass is 148 g/mol. The lowest BCUT2D eigenvalue weighted by atomic mass is 10.1. The molecule has 0 spiro atoms. The zero-order valence-corrected chi connectivity index (χ0v) is 6.55. The zero-order chi connectivity index (χ0) is 8.69. The fraction of sp³-hybridized carbons (Fsp3) is 0.100. The summed E-state index contributed by atoms with van der Waals surface area (Å²) in [4.78, 5) is 10.3. The summed E-state index contributed by atoms with van der Waals surface area (Å²) in [7, 11) is 0. The van der Waals surface area contributed by atoms with Crippen LogP contribution < -0.4 is 0 Å². The van der Waals surface area contributed by atoms with E-state index in [0.717, 1.165) is 11.9 Å². The topological polar surface area (TPSA) is 17.1 Å². The fourth-order valence-corrected chi connectivity index (χ4v) is 0.621. The molecule has 0 aliphatic rings. The molecule has 0 rings (SSSR count). The quantitative estimate of drug-likeness (QED) is 0.253. The van der Waals surface area contributed by atoms with Crippen LogP contribution in [0.5, 0.6) is 0 Å². The van der Waals surface area contributed by atoms with E-state index in [1.54, 1.807) is 12.2 Å². The van der Waals surface area contributed by atoms with Crippen molar-refractivity contribution in [3.05, 3.63) is 49.1 Å². The van der Waals surface area contributed by atoms with Crippen LogP contribution in [0.1, 0.15) is 6.42 Å². The second-order valence-electron chi connectivity index (χ2n) is 2.12. The molecule has 0 atom stereocenters. The summed E-state index contributed by atoms with van der Waals surface area (Å²) in [5.41, 5.74) is 1.42. The van der Waals surface area contributed by atoms with E-state index < -0.39 is 0 Å². The Morgan fingerprint density at radius 2 is 2.00 bits per heavy atom. The van der Waals surface area contributed by atoms with Crippen molar-refractivity contribution in [1.29, 1.82) is 0 Å². The first-order valence-electron chi connectivity index (χ1n) is 3.32. The second-order valence-corrected chi connectivity index (χ2v) is 2.12. The van der Waals surface area contributed by atoms with Crippen LogP contribution in [0.4, 0.5) is 0 Å². The van der Waals surface area contributed by atoms with Gasteiger partial charge in [-0.05, 0) is 12.5 Å². The molecule has 0 aliphatic carbocycles. The van der Waals surface area contributed by atoms with Crippen LogP contribution in [0.2, 0.25) is 0 Å². The van der Waals surface area contributed by atoms with Gasteiger partial charge in [-0.3, -0.25) is 4.79 Å². The maximum Gasteiger partial charge on any atom is 0.150 e. The lowest BCUT2D eigenvalue weighted by molar-refractivity contribution is -0.104. The lowest BCUT2D eigenvalue weighted by Crippen LogP contribution is -1.80. The van der Waals surface area contributed by atoms with E-state index in [9.17, 15) is 4.79 Å². The van der Waals surface area contributed by atoms with Gasteiger partial charge in [-0.1, -0.05) is 30.9 Å². The van der Waals surface area contributed by atoms with E-state index in [4.69, 9.17) is 0 Å². The molecule has 0 radical (unpaired) electrons. The highest BCUT2D eigenvalue weighted by atomic mass is 16.1. The number of rotatable bonds is 5. The molecule has 0 unspecified atom stereocenters. The minimum atomic E-state index is 0.553. The lowest BCUT2D eigenvalue weighted by Gasteiger charge is -1.93. The fourth-order valence-electron chi connectivity index (χ4n) is 0.621. The van der Waals surface area contributed by atoms with Gasteiger partial charge in [0.2, 0.25) is 0 Å². The highest BCUT2D eigenvalue weighted by Gasteiger charge is 1.88. The molecule has 0 aliphatic heterocycles. The molecule has 0 saturated heterocycles. The maximum absolute atomic E-state index is 10.3. The molecule has 58 valence electrons. The van der Waals surface area contributed by atoms with Gasteiger partial charge in [0.15, 0.2) is 0 Å². The minimum absolute atomic E-state index is 0.553. The van der Waals surface area contributed by atoms with Crippen LogP contribution in [0.25, 0.3) is 0 Å². The Hall–Kier alpha value is -1.37. The summed E-state index contributed by atoms with van der Waals surface area (Å²) in [5, 5.41) is 0. The number of carbonyl (C=O) groups excluding carboxylic acids is 1. The van der Waals surface area contributed by atoms with Gasteiger partial charge in [0, 0.05) is 5.57 Å². The number of carbonyl (C=O) groups is 1. The van der Waals surface area contributed by atoms with Crippen molar-refractivity contribution in [2.75, 3.05) is 0 Å². The molecule has 1 nitrogen and oxygen atoms in total. The SMILES string of the molecule is C=CCC(=C)/C=C(\C=C)C=O. The van der Waals surface area contributed by atoms with E-state index in [0.29, 0.717) is 12.0 Å². The Morgan fingerprint density at radius 1 is 1.36 bits per heavy atom. The molecule has 0 bridgehead atoms. The predicted molar refractivity (Wildman–Crippen MR) is 48.3 cm³/mol. The van der Waals surface area contributed by atoms with Crippen molar-refractivity contribution in [3.63, 3.8) is 0 Å². The van der Waals surface area contributed by atoms with Crippen molar-refractivity contribution >= 4 is 6.29 Å². The van der Waals surface area contributed by atoms with Crippen LogP contribution in [0, 0.1) is 0 Å². The normalized spacial score (nSPS) is 10.4. The Morgan fingerprint density at radius 3 is 2.36 bits per heavy atom. The Bertz CT molecular complexity index is 199. The first kappa shape index (κ1) is 9.63. The Kier molecular flexibility index (Phi) is 4.74. The van der Waals surface area contributed by atoms with Gasteiger partial charge in [0.25, 0.3) is 0 Å². The summed E-state index contributed by atoms with van der Waals surface area (Å²) in [6, 6.07) is 0. The predicted octanol–water partition coefficient (Wildman–Crippen LogP) is 2.43. The number of hydrogen-bond donors (Lipinski definition) is 0. The van der Waals surface area contributed by atoms with E-state index >= 15 is 0 Å². The first-order valence-corrected chi connectivity index (χ1v) is 3.32. The molecule has 11 heavy (non-hydrogen) atoms. The smallest absolute Gasteiger partial charge is 0.150 e. The Labute approximate surface area is 67.4 Å². The number of aldehydes is 1. The van der Waals surface area contributed by atoms with E-state index in [1.807, 2.05) is 0 Å². The molecule has 1 heteroatoms. The van der Waals surface area contributed by atoms with Gasteiger partial charge in [-0.25, -0.2) is 0 Å². The van der Waals surface area contributed by atoms with E-state index in [-0.39, 0.29) is 0 Å². The number of hydrogen-bond acceptors (Lipinski definition) is 1. The van der Waals surface area contributed by atoms with Crippen LogP contribution in [0.15, 0.2) is 49.1 Å². The molecule has 0 aromatic heterocycles. The molecular formula is C10H12O. The second kappa shape index (κ2) is 5.42. The van der Waals surface area contributed by atoms with Crippen LogP contribution in [-0.4, -0.2) is 6.29 Å². The molecule has 0 amide bonds. The largest absolute Gasteiger partial charge is 0.298 e. The van der Waals surface area contributed by atoms with Crippen molar-refractivity contribution in [3.8, 4) is 0 Å². The van der Waals surface area contributed by atoms with Crippen LogP contribution >= 0.6 is 0 Å². The highest BCUT2D eigenvalue weighted by molar-refractivity contribution is 5.78. The third-order valence-electron chi connectivity index (χ3n) is 1.15. The molecular weight excluding hydrogens is 136 g/mol. The van der Waals surface area contributed by atoms with Crippen molar-refractivity contribution in [2.45, 2.75) is 6.42 Å². The van der Waals surface area contributed by atoms with Gasteiger partial charge in [0.05, 0.1) is 0 Å². The van der Waals surface area contributed by atoms with Gasteiger partial charge in [0.1, 0.15) is 6.29 Å². The average molecular weight is 148 g/mol. The summed E-state index contributed by atoms with van der Waals surface area (Å²) < 4.78 is 0. The van der Waals surface area contributed by atoms with E-state index in [2.05, 4.69) is 19.7 Å². The summed E-state index contributed by atoms with van der Waals surface area (Å²) >= 11 is 0. The van der Waals surface area contributed by atoms with Crippen molar-refractivity contribution in [1.82, 2.24) is 0 Å². The standard InChI is InChI=1S/C10H12O/c1-4-6-9(3)7-10(5-2)8-11/h4-5,7-8H,1-3,6H2/b10-7+. The Balaban J connectivity index is 4.25. The van der Waals surface area contributed by atoms with Crippen LogP contribution in [0.3, 0.4) is 0 Å². The molecule has 0 fully saturated rings. The molecule has 0 N–H and O–H groups in total. The molecule has 0 aromatic carbocycles. The minimum Gasteiger partial charge on any atom is -0.298 e. The third kappa shape index (κ3) is 4.09. The molecule has 0 saturated carbocycles. The first-order chi connectivity index (χ1) is 5.24. The van der Waals surface area contributed by atoms with Gasteiger partial charge in [-0.15, -0.1) is 6.58 Å². The van der Waals surface area contributed by atoms with Crippen molar-refractivity contribution < 1.29 is 4.79 Å². The maximum atomic E-state index is 10.3. The zero-order valence-electron chi connectivity index (χ0n) is 6.55. The summed E-state index contributed by atoms with van der Waals surface area (Å²) in [6.07, 6.45) is 6.39. The number of allylic oxidation sites excluding steroid dienone is 5.